The van der Waals surface area contributed by atoms with Gasteiger partial charge in [0.15, 0.2) is 5.03 Å². The molecule has 4 fully saturated rings. The minimum absolute atomic E-state index is 0.00392. The SMILES string of the molecule is CC(C)C[C@H](NC(=O)[C@H](CCCN=C(N)N[N+](=O)[O-])NC(=O)Cc1ccccc1Cl)B1O[C@@H]2C[C@H]3C[C@H](C3(C)C)[C@]2(C)O1. The number of nitrogens with two attached hydrogens (primary N) is 1. The lowest BCUT2D eigenvalue weighted by atomic mass is 9.43. The molecule has 1 aromatic rings. The number of nitrogens with zero attached hydrogens (tertiary/aromatic N) is 2. The summed E-state index contributed by atoms with van der Waals surface area (Å²) in [6.45, 7) is 11.0. The van der Waals surface area contributed by atoms with Crippen molar-refractivity contribution in [3.05, 3.63) is 45.0 Å². The van der Waals surface area contributed by atoms with Gasteiger partial charge in [-0.25, -0.2) is 15.1 Å². The van der Waals surface area contributed by atoms with E-state index in [2.05, 4.69) is 50.2 Å². The molecular weight excluding hydrogens is 575 g/mol. The van der Waals surface area contributed by atoms with Gasteiger partial charge in [0.05, 0.1) is 24.1 Å². The number of benzene rings is 1. The lowest BCUT2D eigenvalue weighted by Gasteiger charge is -2.64. The van der Waals surface area contributed by atoms with Crippen LogP contribution >= 0.6 is 11.6 Å². The molecular formula is C29H44BClN6O6. The third-order valence-electron chi connectivity index (χ3n) is 9.45. The highest BCUT2D eigenvalue weighted by molar-refractivity contribution is 6.48. The van der Waals surface area contributed by atoms with Crippen molar-refractivity contribution in [3.63, 3.8) is 0 Å². The van der Waals surface area contributed by atoms with Crippen LogP contribution in [0.15, 0.2) is 29.3 Å². The van der Waals surface area contributed by atoms with Crippen molar-refractivity contribution in [1.29, 1.82) is 0 Å². The number of aliphatic imine (C=N–C) groups is 1. The fourth-order valence-corrected chi connectivity index (χ4v) is 7.26. The van der Waals surface area contributed by atoms with Crippen molar-refractivity contribution in [3.8, 4) is 0 Å². The molecule has 6 atom stereocenters. The number of carbonyl (C=O) groups excluding carboxylic acids is 2. The molecule has 5 rings (SSSR count). The number of guanidine groups is 1. The number of hydrazine groups is 1. The van der Waals surface area contributed by atoms with E-state index < -0.39 is 29.7 Å². The molecule has 4 aliphatic rings. The molecule has 3 saturated carbocycles. The second-order valence-electron chi connectivity index (χ2n) is 13.2. The lowest BCUT2D eigenvalue weighted by molar-refractivity contribution is -0.525. The van der Waals surface area contributed by atoms with Gasteiger partial charge in [-0.05, 0) is 73.8 Å². The first-order chi connectivity index (χ1) is 20.2. The van der Waals surface area contributed by atoms with Gasteiger partial charge in [0.1, 0.15) is 6.04 Å². The molecule has 1 heterocycles. The average Bonchev–Trinajstić information content (AvgIpc) is 3.27. The number of hydrogen-bond acceptors (Lipinski definition) is 7. The monoisotopic (exact) mass is 618 g/mol. The van der Waals surface area contributed by atoms with Crippen LogP contribution < -0.4 is 21.8 Å². The van der Waals surface area contributed by atoms with Gasteiger partial charge in [-0.2, -0.15) is 0 Å². The van der Waals surface area contributed by atoms with E-state index >= 15 is 0 Å². The van der Waals surface area contributed by atoms with Crippen LogP contribution in [0, 0.1) is 33.3 Å². The van der Waals surface area contributed by atoms with Gasteiger partial charge in [0.25, 0.3) is 5.96 Å². The van der Waals surface area contributed by atoms with Gasteiger partial charge in [-0.1, -0.05) is 62.9 Å². The topological polar surface area (TPSA) is 170 Å². The van der Waals surface area contributed by atoms with Crippen molar-refractivity contribution in [2.45, 2.75) is 96.8 Å². The van der Waals surface area contributed by atoms with Crippen molar-refractivity contribution in [1.82, 2.24) is 16.1 Å². The molecule has 12 nitrogen and oxygen atoms in total. The highest BCUT2D eigenvalue weighted by Gasteiger charge is 2.68. The Kier molecular flexibility index (Phi) is 10.3. The van der Waals surface area contributed by atoms with Crippen molar-refractivity contribution in [2.75, 3.05) is 6.54 Å². The summed E-state index contributed by atoms with van der Waals surface area (Å²) in [5, 5.41) is 16.2. The van der Waals surface area contributed by atoms with Crippen LogP contribution in [0.5, 0.6) is 0 Å². The van der Waals surface area contributed by atoms with Gasteiger partial charge >= 0.3 is 7.12 Å². The van der Waals surface area contributed by atoms with Crippen LogP contribution in [-0.4, -0.2) is 60.2 Å². The molecule has 1 aromatic carbocycles. The van der Waals surface area contributed by atoms with Gasteiger partial charge in [-0.15, -0.1) is 0 Å². The first-order valence-electron chi connectivity index (χ1n) is 15.1. The van der Waals surface area contributed by atoms with Gasteiger partial charge in [0, 0.05) is 11.6 Å². The van der Waals surface area contributed by atoms with Gasteiger partial charge in [0.2, 0.25) is 11.8 Å². The number of rotatable bonds is 13. The zero-order valence-electron chi connectivity index (χ0n) is 25.6. The quantitative estimate of drug-likeness (QED) is 0.0653. The Labute approximate surface area is 258 Å². The first-order valence-corrected chi connectivity index (χ1v) is 15.5. The molecule has 0 radical (unpaired) electrons. The Bertz CT molecular complexity index is 1230. The normalized spacial score (nSPS) is 27.1. The van der Waals surface area contributed by atoms with E-state index in [-0.39, 0.29) is 54.6 Å². The summed E-state index contributed by atoms with van der Waals surface area (Å²) in [7, 11) is -0.603. The molecule has 1 saturated heterocycles. The van der Waals surface area contributed by atoms with E-state index in [4.69, 9.17) is 26.6 Å². The second kappa shape index (κ2) is 13.4. The van der Waals surface area contributed by atoms with E-state index in [1.54, 1.807) is 29.7 Å². The maximum Gasteiger partial charge on any atom is 0.481 e. The fourth-order valence-electron chi connectivity index (χ4n) is 7.05. The third-order valence-corrected chi connectivity index (χ3v) is 9.82. The van der Waals surface area contributed by atoms with Crippen LogP contribution in [0.25, 0.3) is 0 Å². The summed E-state index contributed by atoms with van der Waals surface area (Å²) in [6.07, 6.45) is 3.25. The van der Waals surface area contributed by atoms with E-state index in [1.807, 2.05) is 0 Å². The number of hydrogen-bond donors (Lipinski definition) is 4. The van der Waals surface area contributed by atoms with E-state index in [9.17, 15) is 19.7 Å². The fraction of sp³-hybridized carbons (Fsp3) is 0.690. The summed E-state index contributed by atoms with van der Waals surface area (Å²) in [5.41, 5.74) is 7.72. The van der Waals surface area contributed by atoms with Gasteiger partial charge in [-0.3, -0.25) is 9.59 Å². The Hall–Kier alpha value is -2.90. The predicted octanol–water partition coefficient (Wildman–Crippen LogP) is 3.04. The number of halogens is 1. The summed E-state index contributed by atoms with van der Waals surface area (Å²) < 4.78 is 13.2. The summed E-state index contributed by atoms with van der Waals surface area (Å²) in [5.74, 6) is -0.244. The zero-order valence-corrected chi connectivity index (χ0v) is 26.4. The molecule has 0 aromatic heterocycles. The summed E-state index contributed by atoms with van der Waals surface area (Å²) in [4.78, 5) is 41.3. The van der Waals surface area contributed by atoms with Crippen LogP contribution in [0.3, 0.4) is 0 Å². The molecule has 3 aliphatic carbocycles. The standard InChI is InChI=1S/C29H44BClN6O6/c1-17(2)13-24(30-42-23-16-19-15-22(28(19,3)4)29(23,5)43-30)35-26(39)21(11-8-12-33-27(32)36-37(40)41)34-25(38)14-18-9-6-7-10-20(18)31/h6-7,9-10,17,19,21-24H,8,11-16H2,1-5H3,(H,34,38)(H,35,39)(H3,32,33,36)/t19-,21+,22-,23-,24+,29+/m1/s1. The van der Waals surface area contributed by atoms with Crippen molar-refractivity contribution < 1.29 is 23.9 Å². The second-order valence-corrected chi connectivity index (χ2v) is 13.7. The molecule has 5 N–H and O–H groups in total. The van der Waals surface area contributed by atoms with Gasteiger partial charge < -0.3 is 25.7 Å². The molecule has 14 heteroatoms. The average molecular weight is 619 g/mol. The maximum absolute atomic E-state index is 13.8. The molecule has 2 amide bonds. The molecule has 43 heavy (non-hydrogen) atoms. The van der Waals surface area contributed by atoms with Crippen LogP contribution in [0.2, 0.25) is 5.02 Å². The minimum atomic E-state index is -0.893. The minimum Gasteiger partial charge on any atom is -0.404 e. The summed E-state index contributed by atoms with van der Waals surface area (Å²) >= 11 is 6.25. The smallest absolute Gasteiger partial charge is 0.404 e. The Morgan fingerprint density at radius 2 is 1.95 bits per heavy atom. The summed E-state index contributed by atoms with van der Waals surface area (Å²) in [6, 6.07) is 6.15. The third kappa shape index (κ3) is 7.61. The Balaban J connectivity index is 1.46. The maximum atomic E-state index is 13.8. The van der Waals surface area contributed by atoms with E-state index in [0.717, 1.165) is 12.8 Å². The first kappa shape index (κ1) is 33.0. The zero-order chi connectivity index (χ0) is 31.5. The number of nitrogens with one attached hydrogen (secondary N) is 3. The predicted molar refractivity (Wildman–Crippen MR) is 164 cm³/mol. The number of amides is 2. The largest absolute Gasteiger partial charge is 0.481 e. The van der Waals surface area contributed by atoms with Crippen molar-refractivity contribution in [2.24, 2.45) is 33.9 Å². The molecule has 2 bridgehead atoms. The molecule has 1 aliphatic heterocycles. The number of carbonyl (C=O) groups is 2. The van der Waals surface area contributed by atoms with E-state index in [0.29, 0.717) is 35.3 Å². The number of nitro groups is 1. The van der Waals surface area contributed by atoms with E-state index in [1.165, 1.54) is 0 Å². The van der Waals surface area contributed by atoms with Crippen LogP contribution in [-0.2, 0) is 25.3 Å². The van der Waals surface area contributed by atoms with Crippen molar-refractivity contribution >= 4 is 36.5 Å². The highest BCUT2D eigenvalue weighted by Crippen LogP contribution is 2.65. The molecule has 236 valence electrons. The molecule has 0 unspecified atom stereocenters. The molecule has 0 spiro atoms. The lowest BCUT2D eigenvalue weighted by Crippen LogP contribution is -2.65. The highest BCUT2D eigenvalue weighted by atomic mass is 35.5. The Morgan fingerprint density at radius 3 is 2.60 bits per heavy atom. The Morgan fingerprint density at radius 1 is 1.23 bits per heavy atom. The van der Waals surface area contributed by atoms with Crippen LogP contribution in [0.1, 0.15) is 72.3 Å². The van der Waals surface area contributed by atoms with Crippen LogP contribution in [0.4, 0.5) is 0 Å².